The van der Waals surface area contributed by atoms with Gasteiger partial charge in [-0.2, -0.15) is 0 Å². The van der Waals surface area contributed by atoms with Crippen LogP contribution in [0.3, 0.4) is 0 Å². The largest absolute Gasteiger partial charge is 0.341 e. The van der Waals surface area contributed by atoms with E-state index >= 15 is 0 Å². The van der Waals surface area contributed by atoms with Crippen LogP contribution >= 0.6 is 0 Å². The van der Waals surface area contributed by atoms with Gasteiger partial charge in [0, 0.05) is 37.9 Å². The molecule has 108 valence electrons. The van der Waals surface area contributed by atoms with Crippen molar-refractivity contribution in [3.8, 4) is 0 Å². The van der Waals surface area contributed by atoms with E-state index in [1.54, 1.807) is 7.05 Å². The Hall–Kier alpha value is -1.59. The second kappa shape index (κ2) is 5.42. The first-order valence-electron chi connectivity index (χ1n) is 7.34. The van der Waals surface area contributed by atoms with E-state index in [0.29, 0.717) is 0 Å². The van der Waals surface area contributed by atoms with Crippen molar-refractivity contribution in [2.75, 3.05) is 51.6 Å². The first-order chi connectivity index (χ1) is 9.69. The van der Waals surface area contributed by atoms with Crippen LogP contribution < -0.4 is 10.6 Å². The lowest BCUT2D eigenvalue weighted by atomic mass is 10.1. The summed E-state index contributed by atoms with van der Waals surface area (Å²) < 4.78 is 1.23. The molecule has 3 fully saturated rings. The van der Waals surface area contributed by atoms with Crippen molar-refractivity contribution in [2.24, 2.45) is 0 Å². The van der Waals surface area contributed by atoms with Crippen LogP contribution in [-0.2, 0) is 6.54 Å². The van der Waals surface area contributed by atoms with E-state index < -0.39 is 0 Å². The van der Waals surface area contributed by atoms with E-state index in [9.17, 15) is 4.79 Å². The Morgan fingerprint density at radius 1 is 1.15 bits per heavy atom. The van der Waals surface area contributed by atoms with Crippen molar-refractivity contribution in [1.29, 1.82) is 0 Å². The maximum Gasteiger partial charge on any atom is 0.318 e. The Bertz CT molecular complexity index is 463. The molecule has 20 heavy (non-hydrogen) atoms. The molecule has 3 aliphatic rings. The maximum atomic E-state index is 11.3. The number of carbonyl (C=O) groups is 1. The third kappa shape index (κ3) is 2.78. The lowest BCUT2D eigenvalue weighted by Gasteiger charge is -2.50. The lowest BCUT2D eigenvalue weighted by molar-refractivity contribution is -0.953. The van der Waals surface area contributed by atoms with Gasteiger partial charge in [-0.3, -0.25) is 4.90 Å². The standard InChI is InChI=1S/C15H22N4O/c1-16-15(20)17-14-4-2-13(3-5-14)12-19-9-6-18(7-10-19)8-11-19/h2-5H,6-12H2,1H3,(H-,16,17,20)/p+1. The van der Waals surface area contributed by atoms with Crippen molar-refractivity contribution in [3.05, 3.63) is 29.8 Å². The third-order valence-electron chi connectivity index (χ3n) is 4.63. The number of carbonyl (C=O) groups excluding carboxylic acids is 1. The quantitative estimate of drug-likeness (QED) is 0.811. The summed E-state index contributed by atoms with van der Waals surface area (Å²) in [4.78, 5) is 13.8. The van der Waals surface area contributed by atoms with Crippen LogP contribution in [0, 0.1) is 0 Å². The molecule has 3 aliphatic heterocycles. The van der Waals surface area contributed by atoms with E-state index in [2.05, 4.69) is 27.7 Å². The van der Waals surface area contributed by atoms with Crippen molar-refractivity contribution in [2.45, 2.75) is 6.54 Å². The molecule has 4 rings (SSSR count). The molecular formula is C15H23N4O+. The Morgan fingerprint density at radius 3 is 2.30 bits per heavy atom. The van der Waals surface area contributed by atoms with Gasteiger partial charge >= 0.3 is 6.03 Å². The monoisotopic (exact) mass is 275 g/mol. The Balaban J connectivity index is 1.64. The zero-order valence-corrected chi connectivity index (χ0v) is 12.1. The molecule has 2 N–H and O–H groups in total. The average Bonchev–Trinajstić information content (AvgIpc) is 2.50. The summed E-state index contributed by atoms with van der Waals surface area (Å²) in [6.07, 6.45) is 0. The number of quaternary nitrogens is 1. The molecular weight excluding hydrogens is 252 g/mol. The number of rotatable bonds is 3. The number of urea groups is 1. The maximum absolute atomic E-state index is 11.3. The number of amides is 2. The van der Waals surface area contributed by atoms with Gasteiger partial charge < -0.3 is 15.1 Å². The Labute approximate surface area is 120 Å². The fraction of sp³-hybridized carbons (Fsp3) is 0.533. The minimum atomic E-state index is -0.174. The van der Waals surface area contributed by atoms with Gasteiger partial charge in [-0.25, -0.2) is 4.79 Å². The lowest BCUT2D eigenvalue weighted by Crippen LogP contribution is -2.66. The highest BCUT2D eigenvalue weighted by atomic mass is 16.2. The van der Waals surface area contributed by atoms with Crippen LogP contribution in [0.1, 0.15) is 5.56 Å². The minimum Gasteiger partial charge on any atom is -0.341 e. The first-order valence-corrected chi connectivity index (χ1v) is 7.34. The normalized spacial score (nSPS) is 28.1. The molecule has 5 heteroatoms. The highest BCUT2D eigenvalue weighted by molar-refractivity contribution is 5.88. The summed E-state index contributed by atoms with van der Waals surface area (Å²) in [7, 11) is 1.62. The molecule has 1 aromatic rings. The number of piperazine rings is 3. The number of nitrogens with one attached hydrogen (secondary N) is 2. The van der Waals surface area contributed by atoms with Gasteiger partial charge in [0.1, 0.15) is 6.54 Å². The third-order valence-corrected chi connectivity index (χ3v) is 4.63. The fourth-order valence-electron chi connectivity index (χ4n) is 3.24. The minimum absolute atomic E-state index is 0.174. The number of hydrogen-bond donors (Lipinski definition) is 2. The van der Waals surface area contributed by atoms with Gasteiger partial charge in [-0.1, -0.05) is 12.1 Å². The molecule has 0 aliphatic carbocycles. The topological polar surface area (TPSA) is 44.4 Å². The first kappa shape index (κ1) is 13.4. The summed E-state index contributed by atoms with van der Waals surface area (Å²) in [5.41, 5.74) is 2.21. The zero-order chi connectivity index (χ0) is 14.0. The summed E-state index contributed by atoms with van der Waals surface area (Å²) in [5.74, 6) is 0. The van der Waals surface area contributed by atoms with Gasteiger partial charge in [0.25, 0.3) is 0 Å². The number of hydrogen-bond acceptors (Lipinski definition) is 2. The van der Waals surface area contributed by atoms with Crippen LogP contribution in [0.15, 0.2) is 24.3 Å². The summed E-state index contributed by atoms with van der Waals surface area (Å²) in [5, 5.41) is 5.35. The van der Waals surface area contributed by atoms with E-state index in [0.717, 1.165) is 12.2 Å². The molecule has 0 atom stereocenters. The highest BCUT2D eigenvalue weighted by Gasteiger charge is 2.38. The number of nitrogens with zero attached hydrogens (tertiary/aromatic N) is 2. The highest BCUT2D eigenvalue weighted by Crippen LogP contribution is 2.23. The second-order valence-electron chi connectivity index (χ2n) is 5.91. The molecule has 5 nitrogen and oxygen atoms in total. The second-order valence-corrected chi connectivity index (χ2v) is 5.91. The van der Waals surface area contributed by atoms with Crippen LogP contribution in [0.4, 0.5) is 10.5 Å². The predicted molar refractivity (Wildman–Crippen MR) is 79.5 cm³/mol. The van der Waals surface area contributed by atoms with Gasteiger partial charge in [0.2, 0.25) is 0 Å². The molecule has 2 bridgehead atoms. The van der Waals surface area contributed by atoms with Crippen LogP contribution in [0.2, 0.25) is 0 Å². The molecule has 2 amide bonds. The van der Waals surface area contributed by atoms with Crippen molar-refractivity contribution in [3.63, 3.8) is 0 Å². The van der Waals surface area contributed by atoms with Gasteiger partial charge in [-0.05, 0) is 12.1 Å². The Kier molecular flexibility index (Phi) is 3.63. The van der Waals surface area contributed by atoms with Crippen LogP contribution in [0.5, 0.6) is 0 Å². The van der Waals surface area contributed by atoms with Crippen LogP contribution in [0.25, 0.3) is 0 Å². The number of benzene rings is 1. The van der Waals surface area contributed by atoms with E-state index in [1.807, 2.05) is 12.1 Å². The van der Waals surface area contributed by atoms with Gasteiger partial charge in [-0.15, -0.1) is 0 Å². The SMILES string of the molecule is CNC(=O)Nc1ccc(C[N+]23CCN(CC2)CC3)cc1. The number of fused-ring (bicyclic) bond motifs is 3. The molecule has 1 aromatic carbocycles. The summed E-state index contributed by atoms with van der Waals surface area (Å²) in [6, 6.07) is 8.08. The fourth-order valence-corrected chi connectivity index (χ4v) is 3.24. The molecule has 0 radical (unpaired) electrons. The molecule has 0 spiro atoms. The molecule has 3 heterocycles. The van der Waals surface area contributed by atoms with Gasteiger partial charge in [0.15, 0.2) is 0 Å². The molecule has 0 unspecified atom stereocenters. The predicted octanol–water partition coefficient (Wildman–Crippen LogP) is 1.08. The molecule has 3 saturated heterocycles. The average molecular weight is 275 g/mol. The molecule has 0 saturated carbocycles. The zero-order valence-electron chi connectivity index (χ0n) is 12.1. The van der Waals surface area contributed by atoms with Crippen LogP contribution in [-0.4, -0.2) is 61.7 Å². The van der Waals surface area contributed by atoms with E-state index in [1.165, 1.54) is 49.3 Å². The number of anilines is 1. The van der Waals surface area contributed by atoms with E-state index in [4.69, 9.17) is 0 Å². The smallest absolute Gasteiger partial charge is 0.318 e. The Morgan fingerprint density at radius 2 is 1.75 bits per heavy atom. The summed E-state index contributed by atoms with van der Waals surface area (Å²) >= 11 is 0. The van der Waals surface area contributed by atoms with Crippen molar-refractivity contribution < 1.29 is 9.28 Å². The van der Waals surface area contributed by atoms with Crippen molar-refractivity contribution in [1.82, 2.24) is 10.2 Å². The van der Waals surface area contributed by atoms with Gasteiger partial charge in [0.05, 0.1) is 19.6 Å². The van der Waals surface area contributed by atoms with Crippen molar-refractivity contribution >= 4 is 11.7 Å². The summed E-state index contributed by atoms with van der Waals surface area (Å²) in [6.45, 7) is 8.69. The van der Waals surface area contributed by atoms with E-state index in [-0.39, 0.29) is 6.03 Å². The molecule has 0 aromatic heterocycles.